The van der Waals surface area contributed by atoms with E-state index in [1.807, 2.05) is 25.5 Å². The van der Waals surface area contributed by atoms with E-state index in [1.54, 1.807) is 17.5 Å². The largest absolute Gasteiger partial charge is 0.312 e. The Balaban J connectivity index is 2.09. The third-order valence-corrected chi connectivity index (χ3v) is 3.69. The first-order valence-electron chi connectivity index (χ1n) is 5.30. The summed E-state index contributed by atoms with van der Waals surface area (Å²) < 4.78 is 0. The van der Waals surface area contributed by atoms with Crippen molar-refractivity contribution in [2.24, 2.45) is 0 Å². The van der Waals surface area contributed by atoms with Crippen molar-refractivity contribution in [3.63, 3.8) is 0 Å². The molecule has 0 amide bonds. The zero-order chi connectivity index (χ0) is 11.4. The number of nitrogens with one attached hydrogen (secondary N) is 1. The van der Waals surface area contributed by atoms with Crippen LogP contribution < -0.4 is 5.32 Å². The van der Waals surface area contributed by atoms with Crippen LogP contribution in [0.5, 0.6) is 0 Å². The highest BCUT2D eigenvalue weighted by molar-refractivity contribution is 7.11. The topological polar surface area (TPSA) is 37.8 Å². The molecule has 1 atom stereocenters. The second kappa shape index (κ2) is 5.18. The van der Waals surface area contributed by atoms with Crippen molar-refractivity contribution in [1.29, 1.82) is 0 Å². The standard InChI is InChI=1S/C12H15N3S/c1-9(13-2)11-8-15-12(16-11)6-10-4-3-5-14-7-10/h3-5,7-9,13H,6H2,1-2H3. The Labute approximate surface area is 99.6 Å². The van der Waals surface area contributed by atoms with Crippen LogP contribution in [-0.2, 0) is 6.42 Å². The number of hydrogen-bond acceptors (Lipinski definition) is 4. The van der Waals surface area contributed by atoms with Crippen LogP contribution in [0.15, 0.2) is 30.7 Å². The van der Waals surface area contributed by atoms with Gasteiger partial charge in [0.25, 0.3) is 0 Å². The molecule has 0 aliphatic rings. The van der Waals surface area contributed by atoms with Crippen LogP contribution in [0, 0.1) is 0 Å². The van der Waals surface area contributed by atoms with Crippen molar-refractivity contribution in [1.82, 2.24) is 15.3 Å². The predicted molar refractivity (Wildman–Crippen MR) is 66.6 cm³/mol. The number of thiazole rings is 1. The maximum atomic E-state index is 4.43. The summed E-state index contributed by atoms with van der Waals surface area (Å²) in [6.07, 6.45) is 6.51. The van der Waals surface area contributed by atoms with Gasteiger partial charge in [-0.25, -0.2) is 4.98 Å². The van der Waals surface area contributed by atoms with E-state index < -0.39 is 0 Å². The fraction of sp³-hybridized carbons (Fsp3) is 0.333. The van der Waals surface area contributed by atoms with Crippen LogP contribution in [0.2, 0.25) is 0 Å². The van der Waals surface area contributed by atoms with Gasteiger partial charge in [-0.1, -0.05) is 6.07 Å². The van der Waals surface area contributed by atoms with Crippen molar-refractivity contribution in [2.45, 2.75) is 19.4 Å². The Bertz CT molecular complexity index is 439. The molecule has 0 saturated heterocycles. The highest BCUT2D eigenvalue weighted by Gasteiger charge is 2.08. The molecular weight excluding hydrogens is 218 g/mol. The molecule has 1 N–H and O–H groups in total. The van der Waals surface area contributed by atoms with Gasteiger partial charge in [-0.3, -0.25) is 4.98 Å². The smallest absolute Gasteiger partial charge is 0.0972 e. The number of nitrogens with zero attached hydrogens (tertiary/aromatic N) is 2. The molecule has 0 spiro atoms. The first kappa shape index (κ1) is 11.2. The second-order valence-corrected chi connectivity index (χ2v) is 4.85. The maximum Gasteiger partial charge on any atom is 0.0972 e. The van der Waals surface area contributed by atoms with Crippen LogP contribution >= 0.6 is 11.3 Å². The Kier molecular flexibility index (Phi) is 3.64. The van der Waals surface area contributed by atoms with Crippen molar-refractivity contribution in [3.8, 4) is 0 Å². The molecule has 0 aromatic carbocycles. The van der Waals surface area contributed by atoms with Crippen LogP contribution in [-0.4, -0.2) is 17.0 Å². The number of hydrogen-bond donors (Lipinski definition) is 1. The third kappa shape index (κ3) is 2.65. The monoisotopic (exact) mass is 233 g/mol. The Morgan fingerprint density at radius 2 is 2.31 bits per heavy atom. The van der Waals surface area contributed by atoms with Crippen LogP contribution in [0.25, 0.3) is 0 Å². The summed E-state index contributed by atoms with van der Waals surface area (Å²) in [5, 5.41) is 4.36. The summed E-state index contributed by atoms with van der Waals surface area (Å²) in [6, 6.07) is 4.41. The molecule has 4 heteroatoms. The predicted octanol–water partition coefficient (Wildman–Crippen LogP) is 2.41. The minimum Gasteiger partial charge on any atom is -0.312 e. The van der Waals surface area contributed by atoms with E-state index in [0.29, 0.717) is 6.04 Å². The summed E-state index contributed by atoms with van der Waals surface area (Å²) in [5.74, 6) is 0. The van der Waals surface area contributed by atoms with E-state index >= 15 is 0 Å². The molecule has 84 valence electrons. The zero-order valence-electron chi connectivity index (χ0n) is 9.47. The van der Waals surface area contributed by atoms with Crippen molar-refractivity contribution in [3.05, 3.63) is 46.2 Å². The lowest BCUT2D eigenvalue weighted by Crippen LogP contribution is -2.10. The van der Waals surface area contributed by atoms with Gasteiger partial charge < -0.3 is 5.32 Å². The summed E-state index contributed by atoms with van der Waals surface area (Å²) in [5.41, 5.74) is 1.21. The van der Waals surface area contributed by atoms with E-state index in [0.717, 1.165) is 11.4 Å². The number of aromatic nitrogens is 2. The van der Waals surface area contributed by atoms with E-state index in [2.05, 4.69) is 28.3 Å². The molecule has 0 aliphatic heterocycles. The minimum absolute atomic E-state index is 0.375. The van der Waals surface area contributed by atoms with E-state index in [1.165, 1.54) is 10.4 Å². The van der Waals surface area contributed by atoms with Crippen molar-refractivity contribution >= 4 is 11.3 Å². The lowest BCUT2D eigenvalue weighted by atomic mass is 10.2. The van der Waals surface area contributed by atoms with Gasteiger partial charge in [0.2, 0.25) is 0 Å². The second-order valence-electron chi connectivity index (χ2n) is 3.70. The normalized spacial score (nSPS) is 12.6. The maximum absolute atomic E-state index is 4.43. The molecule has 2 rings (SSSR count). The van der Waals surface area contributed by atoms with Gasteiger partial charge >= 0.3 is 0 Å². The first-order valence-corrected chi connectivity index (χ1v) is 6.12. The lowest BCUT2D eigenvalue weighted by molar-refractivity contribution is 0.662. The Morgan fingerprint density at radius 1 is 1.44 bits per heavy atom. The number of rotatable bonds is 4. The average molecular weight is 233 g/mol. The summed E-state index contributed by atoms with van der Waals surface area (Å²) in [7, 11) is 1.96. The Morgan fingerprint density at radius 3 is 3.00 bits per heavy atom. The van der Waals surface area contributed by atoms with Gasteiger partial charge in [-0.15, -0.1) is 11.3 Å². The molecule has 0 fully saturated rings. The van der Waals surface area contributed by atoms with Gasteiger partial charge in [-0.05, 0) is 25.6 Å². The van der Waals surface area contributed by atoms with Crippen molar-refractivity contribution < 1.29 is 0 Å². The van der Waals surface area contributed by atoms with E-state index in [9.17, 15) is 0 Å². The van der Waals surface area contributed by atoms with Gasteiger partial charge in [0.05, 0.1) is 5.01 Å². The summed E-state index contributed by atoms with van der Waals surface area (Å²) in [4.78, 5) is 9.81. The summed E-state index contributed by atoms with van der Waals surface area (Å²) >= 11 is 1.76. The average Bonchev–Trinajstić information content (AvgIpc) is 2.78. The van der Waals surface area contributed by atoms with Gasteiger partial charge in [-0.2, -0.15) is 0 Å². The molecular formula is C12H15N3S. The highest BCUT2D eigenvalue weighted by atomic mass is 32.1. The van der Waals surface area contributed by atoms with Crippen LogP contribution in [0.4, 0.5) is 0 Å². The quantitative estimate of drug-likeness (QED) is 0.881. The fourth-order valence-electron chi connectivity index (χ4n) is 1.43. The van der Waals surface area contributed by atoms with Crippen LogP contribution in [0.3, 0.4) is 0 Å². The molecule has 2 aromatic heterocycles. The molecule has 2 heterocycles. The fourth-order valence-corrected chi connectivity index (χ4v) is 2.44. The van der Waals surface area contributed by atoms with Crippen molar-refractivity contribution in [2.75, 3.05) is 7.05 Å². The third-order valence-electron chi connectivity index (χ3n) is 2.51. The molecule has 3 nitrogen and oxygen atoms in total. The zero-order valence-corrected chi connectivity index (χ0v) is 10.3. The highest BCUT2D eigenvalue weighted by Crippen LogP contribution is 2.21. The minimum atomic E-state index is 0.375. The molecule has 1 unspecified atom stereocenters. The molecule has 2 aromatic rings. The lowest BCUT2D eigenvalue weighted by Gasteiger charge is -2.04. The van der Waals surface area contributed by atoms with E-state index in [4.69, 9.17) is 0 Å². The Hall–Kier alpha value is -1.26. The van der Waals surface area contributed by atoms with Gasteiger partial charge in [0, 0.05) is 35.9 Å². The number of pyridine rings is 1. The SMILES string of the molecule is CNC(C)c1cnc(Cc2cccnc2)s1. The van der Waals surface area contributed by atoms with E-state index in [-0.39, 0.29) is 0 Å². The molecule has 0 aliphatic carbocycles. The molecule has 0 radical (unpaired) electrons. The molecule has 0 saturated carbocycles. The van der Waals surface area contributed by atoms with Crippen LogP contribution in [0.1, 0.15) is 28.4 Å². The molecule has 16 heavy (non-hydrogen) atoms. The van der Waals surface area contributed by atoms with Gasteiger partial charge in [0.1, 0.15) is 0 Å². The molecule has 0 bridgehead atoms. The first-order chi connectivity index (χ1) is 7.79. The van der Waals surface area contributed by atoms with Gasteiger partial charge in [0.15, 0.2) is 0 Å². The summed E-state index contributed by atoms with van der Waals surface area (Å²) in [6.45, 7) is 2.14.